The average Bonchev–Trinajstić information content (AvgIpc) is 2.96. The molecule has 2 aromatic carbocycles. The van der Waals surface area contributed by atoms with E-state index in [9.17, 15) is 4.79 Å². The Balaban J connectivity index is 1.67. The van der Waals surface area contributed by atoms with E-state index in [4.69, 9.17) is 16.3 Å². The van der Waals surface area contributed by atoms with E-state index in [1.165, 1.54) is 0 Å². The van der Waals surface area contributed by atoms with E-state index in [0.29, 0.717) is 5.02 Å². The first kappa shape index (κ1) is 17.5. The fourth-order valence-electron chi connectivity index (χ4n) is 2.41. The van der Waals surface area contributed by atoms with Gasteiger partial charge in [-0.15, -0.1) is 11.3 Å². The van der Waals surface area contributed by atoms with Crippen molar-refractivity contribution in [2.75, 3.05) is 5.32 Å². The number of para-hydroxylation sites is 1. The number of carbonyl (C=O) groups is 1. The van der Waals surface area contributed by atoms with Gasteiger partial charge in [-0.3, -0.25) is 4.79 Å². The zero-order chi connectivity index (χ0) is 17.6. The molecule has 0 saturated carbocycles. The van der Waals surface area contributed by atoms with E-state index >= 15 is 0 Å². The van der Waals surface area contributed by atoms with Crippen LogP contribution < -0.4 is 5.32 Å². The summed E-state index contributed by atoms with van der Waals surface area (Å²) in [4.78, 5) is 13.1. The second kappa shape index (κ2) is 8.19. The maximum atomic E-state index is 12.2. The number of aryl methyl sites for hydroxylation is 1. The highest BCUT2D eigenvalue weighted by molar-refractivity contribution is 7.10. The third-order valence-electron chi connectivity index (χ3n) is 3.73. The fourth-order valence-corrected chi connectivity index (χ4v) is 3.56. The molecule has 25 heavy (non-hydrogen) atoms. The monoisotopic (exact) mass is 371 g/mol. The first-order valence-electron chi connectivity index (χ1n) is 7.91. The topological polar surface area (TPSA) is 38.3 Å². The fraction of sp³-hybridized carbons (Fsp3) is 0.150. The summed E-state index contributed by atoms with van der Waals surface area (Å²) in [6.45, 7) is 2.30. The van der Waals surface area contributed by atoms with Crippen molar-refractivity contribution in [2.24, 2.45) is 0 Å². The third kappa shape index (κ3) is 4.62. The van der Waals surface area contributed by atoms with Crippen molar-refractivity contribution in [3.05, 3.63) is 81.0 Å². The molecule has 1 heterocycles. The van der Waals surface area contributed by atoms with E-state index in [1.807, 2.05) is 66.9 Å². The molecule has 0 amide bonds. The van der Waals surface area contributed by atoms with Crippen LogP contribution in [-0.2, 0) is 22.6 Å². The van der Waals surface area contributed by atoms with Crippen LogP contribution in [0.1, 0.15) is 16.0 Å². The second-order valence-corrected chi connectivity index (χ2v) is 7.02. The SMILES string of the molecule is Cc1csc(CC(=O)OCc2ccccc2)c1Nc1ccccc1Cl. The Morgan fingerprint density at radius 2 is 1.84 bits per heavy atom. The number of anilines is 2. The molecule has 0 spiro atoms. The molecule has 0 aliphatic carbocycles. The maximum Gasteiger partial charge on any atom is 0.311 e. The molecule has 5 heteroatoms. The van der Waals surface area contributed by atoms with Crippen molar-refractivity contribution < 1.29 is 9.53 Å². The highest BCUT2D eigenvalue weighted by Gasteiger charge is 2.15. The Kier molecular flexibility index (Phi) is 5.74. The molecular weight excluding hydrogens is 354 g/mol. The highest BCUT2D eigenvalue weighted by atomic mass is 35.5. The van der Waals surface area contributed by atoms with Gasteiger partial charge < -0.3 is 10.1 Å². The van der Waals surface area contributed by atoms with Gasteiger partial charge in [0.25, 0.3) is 0 Å². The van der Waals surface area contributed by atoms with Crippen molar-refractivity contribution in [2.45, 2.75) is 20.0 Å². The van der Waals surface area contributed by atoms with Crippen LogP contribution in [0.25, 0.3) is 0 Å². The lowest BCUT2D eigenvalue weighted by molar-refractivity contribution is -0.144. The van der Waals surface area contributed by atoms with Gasteiger partial charge in [0.15, 0.2) is 0 Å². The molecule has 0 saturated heterocycles. The maximum absolute atomic E-state index is 12.2. The minimum Gasteiger partial charge on any atom is -0.461 e. The van der Waals surface area contributed by atoms with E-state index in [1.54, 1.807) is 11.3 Å². The van der Waals surface area contributed by atoms with Gasteiger partial charge in [0.05, 0.1) is 22.8 Å². The Morgan fingerprint density at radius 1 is 1.12 bits per heavy atom. The van der Waals surface area contributed by atoms with E-state index in [2.05, 4.69) is 5.32 Å². The molecule has 3 nitrogen and oxygen atoms in total. The van der Waals surface area contributed by atoms with E-state index in [0.717, 1.165) is 27.4 Å². The van der Waals surface area contributed by atoms with Gasteiger partial charge in [-0.1, -0.05) is 54.1 Å². The number of thiophene rings is 1. The van der Waals surface area contributed by atoms with Crippen molar-refractivity contribution >= 4 is 40.3 Å². The van der Waals surface area contributed by atoms with Crippen molar-refractivity contribution in [3.8, 4) is 0 Å². The number of ether oxygens (including phenoxy) is 1. The number of hydrogen-bond acceptors (Lipinski definition) is 4. The molecule has 0 atom stereocenters. The normalized spacial score (nSPS) is 10.5. The van der Waals surface area contributed by atoms with E-state index < -0.39 is 0 Å². The summed E-state index contributed by atoms with van der Waals surface area (Å²) in [5.74, 6) is -0.243. The first-order valence-corrected chi connectivity index (χ1v) is 9.17. The van der Waals surface area contributed by atoms with Crippen LogP contribution in [0.15, 0.2) is 60.0 Å². The van der Waals surface area contributed by atoms with Crippen molar-refractivity contribution in [1.82, 2.24) is 0 Å². The smallest absolute Gasteiger partial charge is 0.311 e. The predicted octanol–water partition coefficient (Wildman–Crippen LogP) is 5.74. The van der Waals surface area contributed by atoms with Gasteiger partial charge in [-0.25, -0.2) is 0 Å². The quantitative estimate of drug-likeness (QED) is 0.561. The summed E-state index contributed by atoms with van der Waals surface area (Å²) in [5.41, 5.74) is 3.81. The second-order valence-electron chi connectivity index (χ2n) is 5.64. The Morgan fingerprint density at radius 3 is 2.60 bits per heavy atom. The van der Waals surface area contributed by atoms with Gasteiger partial charge in [0.1, 0.15) is 6.61 Å². The minimum atomic E-state index is -0.243. The van der Waals surface area contributed by atoms with Crippen LogP contribution in [0, 0.1) is 6.92 Å². The van der Waals surface area contributed by atoms with Crippen LogP contribution in [0.5, 0.6) is 0 Å². The molecule has 0 fully saturated rings. The molecule has 3 aromatic rings. The van der Waals surface area contributed by atoms with E-state index in [-0.39, 0.29) is 19.0 Å². The lowest BCUT2D eigenvalue weighted by Gasteiger charge is -2.11. The molecule has 0 aliphatic rings. The van der Waals surface area contributed by atoms with Crippen LogP contribution >= 0.6 is 22.9 Å². The number of hydrogen-bond donors (Lipinski definition) is 1. The Bertz CT molecular complexity index is 861. The summed E-state index contributed by atoms with van der Waals surface area (Å²) < 4.78 is 5.38. The zero-order valence-corrected chi connectivity index (χ0v) is 15.4. The molecular formula is C20H18ClNO2S. The molecule has 128 valence electrons. The summed E-state index contributed by atoms with van der Waals surface area (Å²) >= 11 is 7.76. The first-order chi connectivity index (χ1) is 12.1. The number of esters is 1. The molecule has 1 N–H and O–H groups in total. The van der Waals surface area contributed by atoms with Gasteiger partial charge in [-0.2, -0.15) is 0 Å². The van der Waals surface area contributed by atoms with Gasteiger partial charge in [0, 0.05) is 4.88 Å². The third-order valence-corrected chi connectivity index (χ3v) is 5.17. The summed E-state index contributed by atoms with van der Waals surface area (Å²) in [7, 11) is 0. The largest absolute Gasteiger partial charge is 0.461 e. The van der Waals surface area contributed by atoms with Gasteiger partial charge >= 0.3 is 5.97 Å². The summed E-state index contributed by atoms with van der Waals surface area (Å²) in [5, 5.41) is 6.01. The molecule has 0 aliphatic heterocycles. The molecule has 0 bridgehead atoms. The zero-order valence-electron chi connectivity index (χ0n) is 13.8. The number of rotatable bonds is 6. The number of nitrogens with one attached hydrogen (secondary N) is 1. The Labute approximate surface area is 156 Å². The number of halogens is 1. The Hall–Kier alpha value is -2.30. The lowest BCUT2D eigenvalue weighted by Crippen LogP contribution is -2.08. The lowest BCUT2D eigenvalue weighted by atomic mass is 10.2. The summed E-state index contributed by atoms with van der Waals surface area (Å²) in [6.07, 6.45) is 0.234. The standard InChI is InChI=1S/C20H18ClNO2S/c1-14-13-25-18(20(14)22-17-10-6-5-9-16(17)21)11-19(23)24-12-15-7-3-2-4-8-15/h2-10,13,22H,11-12H2,1H3. The van der Waals surface area contributed by atoms with Crippen LogP contribution in [0.4, 0.5) is 11.4 Å². The predicted molar refractivity (Wildman–Crippen MR) is 104 cm³/mol. The van der Waals surface area contributed by atoms with Crippen molar-refractivity contribution in [3.63, 3.8) is 0 Å². The highest BCUT2D eigenvalue weighted by Crippen LogP contribution is 2.33. The van der Waals surface area contributed by atoms with Gasteiger partial charge in [0.2, 0.25) is 0 Å². The van der Waals surface area contributed by atoms with Gasteiger partial charge in [-0.05, 0) is 35.6 Å². The summed E-state index contributed by atoms with van der Waals surface area (Å²) in [6, 6.07) is 17.2. The number of benzene rings is 2. The molecule has 0 radical (unpaired) electrons. The average molecular weight is 372 g/mol. The van der Waals surface area contributed by atoms with Crippen LogP contribution in [-0.4, -0.2) is 5.97 Å². The van der Waals surface area contributed by atoms with Crippen LogP contribution in [0.2, 0.25) is 5.02 Å². The number of carbonyl (C=O) groups excluding carboxylic acids is 1. The molecule has 1 aromatic heterocycles. The van der Waals surface area contributed by atoms with Crippen LogP contribution in [0.3, 0.4) is 0 Å². The molecule has 0 unspecified atom stereocenters. The molecule has 3 rings (SSSR count). The van der Waals surface area contributed by atoms with Crippen molar-refractivity contribution in [1.29, 1.82) is 0 Å². The minimum absolute atomic E-state index is 0.234.